The average molecular weight is 521 g/mol. The number of hydrogen-bond acceptors (Lipinski definition) is 6. The molecule has 172 valence electrons. The maximum Gasteiger partial charge on any atom is 0.287 e. The summed E-state index contributed by atoms with van der Waals surface area (Å²) in [5.74, 6) is -2.24. The van der Waals surface area contributed by atoms with E-state index >= 15 is 0 Å². The van der Waals surface area contributed by atoms with Crippen LogP contribution in [0, 0.1) is 0 Å². The highest BCUT2D eigenvalue weighted by Crippen LogP contribution is 2.21. The standard InChI is InChI=1S/C25H20BrN3O5/c26-20-11-12-22(34-16-23(30)31)19(14-20)15-27-29-25(33)21(13-17-7-3-1-4-8-17)28-24(32)18-9-5-2-6-10-18/h1-15H,16H2,(H,28,32)(H,29,33)(H,30,31)/p-1/b21-13-,27-15?. The first kappa shape index (κ1) is 24.4. The summed E-state index contributed by atoms with van der Waals surface area (Å²) in [7, 11) is 0. The molecule has 0 aliphatic heterocycles. The fourth-order valence-electron chi connectivity index (χ4n) is 2.77. The third-order valence-electron chi connectivity index (χ3n) is 4.33. The summed E-state index contributed by atoms with van der Waals surface area (Å²) in [6.45, 7) is -0.635. The Balaban J connectivity index is 1.79. The molecular weight excluding hydrogens is 502 g/mol. The lowest BCUT2D eigenvalue weighted by Crippen LogP contribution is -2.32. The number of halogens is 1. The molecule has 0 aromatic heterocycles. The maximum absolute atomic E-state index is 12.8. The van der Waals surface area contributed by atoms with Gasteiger partial charge in [0.2, 0.25) is 0 Å². The molecule has 3 rings (SSSR count). The first-order chi connectivity index (χ1) is 16.4. The minimum atomic E-state index is -1.37. The van der Waals surface area contributed by atoms with E-state index in [0.717, 1.165) is 0 Å². The molecule has 0 saturated carbocycles. The van der Waals surface area contributed by atoms with Crippen molar-refractivity contribution in [1.29, 1.82) is 0 Å². The second-order valence-corrected chi connectivity index (χ2v) is 7.75. The lowest BCUT2D eigenvalue weighted by molar-refractivity contribution is -0.307. The fourth-order valence-corrected chi connectivity index (χ4v) is 3.15. The van der Waals surface area contributed by atoms with Crippen LogP contribution < -0.4 is 20.6 Å². The Morgan fingerprint density at radius 2 is 1.65 bits per heavy atom. The second kappa shape index (κ2) is 12.1. The quantitative estimate of drug-likeness (QED) is 0.255. The molecule has 9 heteroatoms. The van der Waals surface area contributed by atoms with Crippen molar-refractivity contribution in [1.82, 2.24) is 10.7 Å². The normalized spacial score (nSPS) is 11.1. The van der Waals surface area contributed by atoms with Gasteiger partial charge in [-0.3, -0.25) is 9.59 Å². The van der Waals surface area contributed by atoms with Gasteiger partial charge in [0.05, 0.1) is 12.2 Å². The number of ether oxygens (including phenoxy) is 1. The summed E-state index contributed by atoms with van der Waals surface area (Å²) < 4.78 is 5.88. The minimum Gasteiger partial charge on any atom is -0.546 e. The summed E-state index contributed by atoms with van der Waals surface area (Å²) >= 11 is 3.32. The number of benzene rings is 3. The highest BCUT2D eigenvalue weighted by atomic mass is 79.9. The smallest absolute Gasteiger partial charge is 0.287 e. The summed E-state index contributed by atoms with van der Waals surface area (Å²) in [6.07, 6.45) is 2.83. The second-order valence-electron chi connectivity index (χ2n) is 6.83. The third kappa shape index (κ3) is 7.42. The Morgan fingerprint density at radius 1 is 0.971 bits per heavy atom. The first-order valence-electron chi connectivity index (χ1n) is 10.0. The van der Waals surface area contributed by atoms with Gasteiger partial charge in [0.1, 0.15) is 18.1 Å². The van der Waals surface area contributed by atoms with Crippen molar-refractivity contribution in [2.45, 2.75) is 0 Å². The molecule has 2 amide bonds. The van der Waals surface area contributed by atoms with Crippen molar-refractivity contribution in [2.24, 2.45) is 5.10 Å². The molecule has 3 aromatic carbocycles. The zero-order valence-electron chi connectivity index (χ0n) is 17.7. The Morgan fingerprint density at radius 3 is 2.32 bits per heavy atom. The molecule has 0 aliphatic rings. The number of nitrogens with one attached hydrogen (secondary N) is 2. The summed E-state index contributed by atoms with van der Waals surface area (Å²) in [5.41, 5.74) is 3.86. The van der Waals surface area contributed by atoms with Crippen LogP contribution in [-0.2, 0) is 9.59 Å². The Labute approximate surface area is 204 Å². The molecule has 0 spiro atoms. The molecule has 8 nitrogen and oxygen atoms in total. The molecule has 2 N–H and O–H groups in total. The lowest BCUT2D eigenvalue weighted by Gasteiger charge is -2.11. The third-order valence-corrected chi connectivity index (χ3v) is 4.82. The maximum atomic E-state index is 12.8. The van der Waals surface area contributed by atoms with E-state index in [1.165, 1.54) is 12.3 Å². The zero-order valence-corrected chi connectivity index (χ0v) is 19.3. The number of hydrogen-bond donors (Lipinski definition) is 2. The van der Waals surface area contributed by atoms with Crippen LogP contribution in [0.3, 0.4) is 0 Å². The van der Waals surface area contributed by atoms with Crippen LogP contribution in [0.2, 0.25) is 0 Å². The number of rotatable bonds is 9. The van der Waals surface area contributed by atoms with E-state index in [1.807, 2.05) is 6.07 Å². The van der Waals surface area contributed by atoms with Crippen molar-refractivity contribution < 1.29 is 24.2 Å². The van der Waals surface area contributed by atoms with E-state index in [1.54, 1.807) is 72.8 Å². The topological polar surface area (TPSA) is 120 Å². The highest BCUT2D eigenvalue weighted by molar-refractivity contribution is 9.10. The van der Waals surface area contributed by atoms with Gasteiger partial charge in [-0.15, -0.1) is 0 Å². The van der Waals surface area contributed by atoms with Gasteiger partial charge in [0.15, 0.2) is 0 Å². The molecule has 34 heavy (non-hydrogen) atoms. The van der Waals surface area contributed by atoms with Crippen molar-refractivity contribution in [2.75, 3.05) is 6.61 Å². The molecule has 3 aromatic rings. The van der Waals surface area contributed by atoms with E-state index in [0.29, 0.717) is 21.2 Å². The number of carbonyl (C=O) groups excluding carboxylic acids is 3. The summed E-state index contributed by atoms with van der Waals surface area (Å²) in [6, 6.07) is 22.4. The molecule has 0 aliphatic carbocycles. The molecule has 0 heterocycles. The number of aliphatic carboxylic acids is 1. The van der Waals surface area contributed by atoms with Crippen molar-refractivity contribution >= 4 is 46.0 Å². The molecule has 0 atom stereocenters. The van der Waals surface area contributed by atoms with Gasteiger partial charge in [0, 0.05) is 15.6 Å². The number of nitrogens with zero attached hydrogens (tertiary/aromatic N) is 1. The van der Waals surface area contributed by atoms with Crippen molar-refractivity contribution in [3.63, 3.8) is 0 Å². The molecule has 0 radical (unpaired) electrons. The molecule has 0 bridgehead atoms. The highest BCUT2D eigenvalue weighted by Gasteiger charge is 2.14. The van der Waals surface area contributed by atoms with Gasteiger partial charge in [-0.1, -0.05) is 64.5 Å². The molecule has 0 saturated heterocycles. The number of carboxylic acids is 1. The van der Waals surface area contributed by atoms with Crippen LogP contribution in [0.4, 0.5) is 0 Å². The van der Waals surface area contributed by atoms with Crippen LogP contribution in [0.25, 0.3) is 6.08 Å². The number of amides is 2. The molecular formula is C25H19BrN3O5-. The lowest BCUT2D eigenvalue weighted by atomic mass is 10.1. The number of hydrazone groups is 1. The predicted molar refractivity (Wildman–Crippen MR) is 129 cm³/mol. The van der Waals surface area contributed by atoms with Gasteiger partial charge in [-0.05, 0) is 42.0 Å². The van der Waals surface area contributed by atoms with E-state index in [-0.39, 0.29) is 11.4 Å². The Bertz CT molecular complexity index is 1230. The van der Waals surface area contributed by atoms with Gasteiger partial charge in [0.25, 0.3) is 11.8 Å². The summed E-state index contributed by atoms with van der Waals surface area (Å²) in [4.78, 5) is 36.1. The largest absolute Gasteiger partial charge is 0.546 e. The van der Waals surface area contributed by atoms with Gasteiger partial charge in [-0.25, -0.2) is 5.43 Å². The van der Waals surface area contributed by atoms with Crippen molar-refractivity contribution in [3.8, 4) is 5.75 Å². The van der Waals surface area contributed by atoms with Gasteiger partial charge >= 0.3 is 0 Å². The van der Waals surface area contributed by atoms with Crippen LogP contribution in [0.15, 0.2) is 94.1 Å². The Hall–Kier alpha value is -4.24. The SMILES string of the molecule is O=C([O-])COc1ccc(Br)cc1C=NNC(=O)/C(=C/c1ccccc1)NC(=O)c1ccccc1. The van der Waals surface area contributed by atoms with Crippen LogP contribution in [0.5, 0.6) is 5.75 Å². The average Bonchev–Trinajstić information content (AvgIpc) is 2.84. The van der Waals surface area contributed by atoms with Crippen LogP contribution >= 0.6 is 15.9 Å². The number of carbonyl (C=O) groups is 3. The Kier molecular flexibility index (Phi) is 8.70. The van der Waals surface area contributed by atoms with Crippen molar-refractivity contribution in [3.05, 3.63) is 106 Å². The van der Waals surface area contributed by atoms with E-state index in [9.17, 15) is 19.5 Å². The first-order valence-corrected chi connectivity index (χ1v) is 10.8. The zero-order chi connectivity index (χ0) is 24.3. The van der Waals surface area contributed by atoms with Crippen LogP contribution in [0.1, 0.15) is 21.5 Å². The number of carboxylic acid groups (broad SMARTS) is 1. The monoisotopic (exact) mass is 520 g/mol. The fraction of sp³-hybridized carbons (Fsp3) is 0.0400. The molecule has 0 fully saturated rings. The van der Waals surface area contributed by atoms with Crippen LogP contribution in [-0.4, -0.2) is 30.6 Å². The predicted octanol–water partition coefficient (Wildman–Crippen LogP) is 2.50. The minimum absolute atomic E-state index is 0.0140. The van der Waals surface area contributed by atoms with E-state index < -0.39 is 24.4 Å². The van der Waals surface area contributed by atoms with Gasteiger partial charge in [-0.2, -0.15) is 5.10 Å². The van der Waals surface area contributed by atoms with Gasteiger partial charge < -0.3 is 20.0 Å². The summed E-state index contributed by atoms with van der Waals surface area (Å²) in [5, 5.41) is 17.2. The van der Waals surface area contributed by atoms with E-state index in [4.69, 9.17) is 4.74 Å². The molecule has 0 unspecified atom stereocenters. The van der Waals surface area contributed by atoms with E-state index in [2.05, 4.69) is 31.8 Å².